The fourth-order valence-corrected chi connectivity index (χ4v) is 4.51. The first kappa shape index (κ1) is 23.4. The molecule has 4 heterocycles. The summed E-state index contributed by atoms with van der Waals surface area (Å²) in [6.45, 7) is 2.30. The topological polar surface area (TPSA) is 85.4 Å². The number of likely N-dealkylation sites (tertiary alicyclic amines) is 1. The lowest BCUT2D eigenvalue weighted by atomic mass is 10.1. The van der Waals surface area contributed by atoms with Gasteiger partial charge in [0.1, 0.15) is 17.2 Å². The smallest absolute Gasteiger partial charge is 0.352 e. The van der Waals surface area contributed by atoms with Crippen LogP contribution in [0.3, 0.4) is 0 Å². The molecule has 13 heteroatoms. The van der Waals surface area contributed by atoms with Gasteiger partial charge in [0.15, 0.2) is 0 Å². The molecule has 1 atom stereocenters. The van der Waals surface area contributed by atoms with E-state index in [1.807, 2.05) is 10.00 Å². The molecule has 0 radical (unpaired) electrons. The van der Waals surface area contributed by atoms with Crippen LogP contribution in [0.1, 0.15) is 30.1 Å². The molecule has 33 heavy (non-hydrogen) atoms. The molecular weight excluding hydrogens is 468 g/mol. The van der Waals surface area contributed by atoms with Crippen molar-refractivity contribution in [1.29, 1.82) is 0 Å². The number of hydrogen-bond acceptors (Lipinski definition) is 6. The van der Waals surface area contributed by atoms with Gasteiger partial charge in [-0.15, -0.1) is 0 Å². The van der Waals surface area contributed by atoms with Gasteiger partial charge < -0.3 is 9.80 Å². The predicted molar refractivity (Wildman–Crippen MR) is 111 cm³/mol. The number of aromatic nitrogens is 3. The maximum atomic E-state index is 13.2. The highest BCUT2D eigenvalue weighted by Gasteiger charge is 2.37. The summed E-state index contributed by atoms with van der Waals surface area (Å²) >= 11 is 6.07. The third-order valence-electron chi connectivity index (χ3n) is 5.89. The van der Waals surface area contributed by atoms with E-state index < -0.39 is 29.2 Å². The Balaban J connectivity index is 1.39. The quantitative estimate of drug-likeness (QED) is 0.666. The summed E-state index contributed by atoms with van der Waals surface area (Å²) in [5, 5.41) is 5.93. The number of carbonyl (C=O) groups excluding carboxylic acids is 1. The average Bonchev–Trinajstić information content (AvgIpc) is 3.21. The van der Waals surface area contributed by atoms with E-state index in [0.29, 0.717) is 51.4 Å². The first-order chi connectivity index (χ1) is 15.6. The lowest BCUT2D eigenvalue weighted by Crippen LogP contribution is -2.51. The van der Waals surface area contributed by atoms with Gasteiger partial charge in [-0.2, -0.15) is 18.3 Å². The summed E-state index contributed by atoms with van der Waals surface area (Å²) in [5.74, 6) is -0.230. The number of anilines is 1. The summed E-state index contributed by atoms with van der Waals surface area (Å²) in [6, 6.07) is 1.46. The Morgan fingerprint density at radius 3 is 2.58 bits per heavy atom. The normalized spacial score (nSPS) is 19.8. The molecule has 2 aliphatic rings. The van der Waals surface area contributed by atoms with Crippen molar-refractivity contribution in [2.45, 2.75) is 25.1 Å². The minimum Gasteiger partial charge on any atom is -0.352 e. The third-order valence-corrected chi connectivity index (χ3v) is 6.17. The van der Waals surface area contributed by atoms with Crippen molar-refractivity contribution in [2.24, 2.45) is 0 Å². The Hall–Kier alpha value is -2.73. The summed E-state index contributed by atoms with van der Waals surface area (Å²) < 4.78 is 52.6. The van der Waals surface area contributed by atoms with E-state index in [1.165, 1.54) is 6.07 Å². The Labute approximate surface area is 191 Å². The molecule has 0 aromatic carbocycles. The predicted octanol–water partition coefficient (Wildman–Crippen LogP) is 2.46. The number of halogens is 5. The van der Waals surface area contributed by atoms with Crippen molar-refractivity contribution < 1.29 is 22.4 Å². The van der Waals surface area contributed by atoms with Crippen molar-refractivity contribution in [3.63, 3.8) is 0 Å². The van der Waals surface area contributed by atoms with Crippen LogP contribution in [0.5, 0.6) is 0 Å². The Bertz CT molecular complexity index is 1090. The summed E-state index contributed by atoms with van der Waals surface area (Å²) in [6.07, 6.45) is -2.47. The highest BCUT2D eigenvalue weighted by Crippen LogP contribution is 2.33. The van der Waals surface area contributed by atoms with Crippen LogP contribution in [0.2, 0.25) is 5.02 Å². The zero-order valence-electron chi connectivity index (χ0n) is 17.4. The van der Waals surface area contributed by atoms with Crippen LogP contribution in [0.15, 0.2) is 23.1 Å². The average molecular weight is 489 g/mol. The number of nitrogens with zero attached hydrogens (tertiary/aromatic N) is 5. The lowest BCUT2D eigenvalue weighted by molar-refractivity contribution is -0.139. The maximum Gasteiger partial charge on any atom is 0.421 e. The molecule has 0 bridgehead atoms. The van der Waals surface area contributed by atoms with Crippen molar-refractivity contribution in [1.82, 2.24) is 25.0 Å². The number of carbonyl (C=O) groups is 1. The molecule has 2 aliphatic heterocycles. The van der Waals surface area contributed by atoms with Crippen LogP contribution in [-0.4, -0.2) is 70.2 Å². The monoisotopic (exact) mass is 488 g/mol. The van der Waals surface area contributed by atoms with Crippen LogP contribution >= 0.6 is 11.6 Å². The van der Waals surface area contributed by atoms with E-state index in [4.69, 9.17) is 11.6 Å². The SMILES string of the molecule is O=C(CN1CCCC1c1cc(C(F)(F)F)c(=O)[nH]n1)N1CCN(c2ncc(F)cc2Cl)CC1. The molecule has 2 saturated heterocycles. The minimum absolute atomic E-state index is 0.0301. The van der Waals surface area contributed by atoms with Crippen molar-refractivity contribution in [2.75, 3.05) is 44.2 Å². The van der Waals surface area contributed by atoms with Gasteiger partial charge in [0.25, 0.3) is 5.56 Å². The number of hydrogen-bond donors (Lipinski definition) is 1. The summed E-state index contributed by atoms with van der Waals surface area (Å²) in [7, 11) is 0. The molecule has 0 aliphatic carbocycles. The van der Waals surface area contributed by atoms with E-state index in [0.717, 1.165) is 12.3 Å². The van der Waals surface area contributed by atoms with Gasteiger partial charge in [-0.3, -0.25) is 14.5 Å². The second-order valence-corrected chi connectivity index (χ2v) is 8.40. The highest BCUT2D eigenvalue weighted by molar-refractivity contribution is 6.32. The fourth-order valence-electron chi connectivity index (χ4n) is 4.23. The fraction of sp³-hybridized carbons (Fsp3) is 0.500. The Morgan fingerprint density at radius 2 is 1.91 bits per heavy atom. The van der Waals surface area contributed by atoms with E-state index in [9.17, 15) is 27.2 Å². The van der Waals surface area contributed by atoms with Crippen molar-refractivity contribution >= 4 is 23.3 Å². The highest BCUT2D eigenvalue weighted by atomic mass is 35.5. The third kappa shape index (κ3) is 5.11. The molecule has 178 valence electrons. The second-order valence-electron chi connectivity index (χ2n) is 7.99. The van der Waals surface area contributed by atoms with Gasteiger partial charge in [-0.25, -0.2) is 14.5 Å². The van der Waals surface area contributed by atoms with Crippen LogP contribution < -0.4 is 10.5 Å². The Kier molecular flexibility index (Phi) is 6.57. The van der Waals surface area contributed by atoms with Crippen LogP contribution in [0, 0.1) is 5.82 Å². The number of H-pyrrole nitrogens is 1. The van der Waals surface area contributed by atoms with E-state index in [-0.39, 0.29) is 23.2 Å². The van der Waals surface area contributed by atoms with Gasteiger partial charge in [0.05, 0.1) is 29.5 Å². The standard InChI is InChI=1S/C20H21ClF4N6O2/c21-14-8-12(22)10-26-18(14)30-6-4-29(5-7-30)17(32)11-31-3-1-2-16(31)15-9-13(20(23,24)25)19(33)28-27-15/h8-10,16H,1-7,11H2,(H,28,33). The largest absolute Gasteiger partial charge is 0.421 e. The number of nitrogens with one attached hydrogen (secondary N) is 1. The van der Waals surface area contributed by atoms with E-state index in [1.54, 1.807) is 9.80 Å². The van der Waals surface area contributed by atoms with Gasteiger partial charge in [-0.05, 0) is 31.5 Å². The second kappa shape index (κ2) is 9.26. The molecule has 1 unspecified atom stereocenters. The molecule has 8 nitrogen and oxygen atoms in total. The van der Waals surface area contributed by atoms with Crippen molar-refractivity contribution in [3.05, 3.63) is 50.8 Å². The number of rotatable bonds is 4. The molecular formula is C20H21ClF4N6O2. The number of amides is 1. The zero-order valence-corrected chi connectivity index (χ0v) is 18.2. The van der Waals surface area contributed by atoms with Crippen LogP contribution in [-0.2, 0) is 11.0 Å². The summed E-state index contributed by atoms with van der Waals surface area (Å²) in [4.78, 5) is 33.7. The molecule has 0 saturated carbocycles. The minimum atomic E-state index is -4.79. The number of alkyl halides is 3. The molecule has 2 aromatic heterocycles. The molecule has 2 fully saturated rings. The van der Waals surface area contributed by atoms with Gasteiger partial charge in [0, 0.05) is 26.2 Å². The van der Waals surface area contributed by atoms with E-state index >= 15 is 0 Å². The zero-order chi connectivity index (χ0) is 23.8. The first-order valence-corrected chi connectivity index (χ1v) is 10.8. The number of pyridine rings is 1. The summed E-state index contributed by atoms with van der Waals surface area (Å²) in [5.41, 5.74) is -2.50. The maximum absolute atomic E-state index is 13.2. The van der Waals surface area contributed by atoms with Gasteiger partial charge in [-0.1, -0.05) is 11.6 Å². The van der Waals surface area contributed by atoms with Crippen LogP contribution in [0.4, 0.5) is 23.4 Å². The molecule has 2 aromatic rings. The lowest BCUT2D eigenvalue weighted by Gasteiger charge is -2.36. The Morgan fingerprint density at radius 1 is 1.18 bits per heavy atom. The van der Waals surface area contributed by atoms with Crippen molar-refractivity contribution in [3.8, 4) is 0 Å². The van der Waals surface area contributed by atoms with E-state index in [2.05, 4.69) is 10.1 Å². The van der Waals surface area contributed by atoms with Gasteiger partial charge in [0.2, 0.25) is 5.91 Å². The number of aromatic amines is 1. The van der Waals surface area contributed by atoms with Crippen LogP contribution in [0.25, 0.3) is 0 Å². The number of piperazine rings is 1. The van der Waals surface area contributed by atoms with Gasteiger partial charge >= 0.3 is 6.18 Å². The molecule has 0 spiro atoms. The molecule has 1 N–H and O–H groups in total. The first-order valence-electron chi connectivity index (χ1n) is 10.4. The molecule has 4 rings (SSSR count). The molecule has 1 amide bonds.